The van der Waals surface area contributed by atoms with Crippen LogP contribution in [0.15, 0.2) is 24.3 Å². The lowest BCUT2D eigenvalue weighted by Crippen LogP contribution is -2.37. The molecule has 0 fully saturated rings. The Kier molecular flexibility index (Phi) is 4.15. The number of hydrogen-bond donors (Lipinski definition) is 1. The van der Waals surface area contributed by atoms with Crippen molar-refractivity contribution in [3.05, 3.63) is 29.8 Å². The molecule has 84 valence electrons. The SMILES string of the molecule is CC.CC1(C)CNCc2ccccc2O1. The summed E-state index contributed by atoms with van der Waals surface area (Å²) in [4.78, 5) is 0. The van der Waals surface area contributed by atoms with Gasteiger partial charge in [0.1, 0.15) is 11.4 Å². The van der Waals surface area contributed by atoms with Crippen LogP contribution in [0.5, 0.6) is 5.75 Å². The molecule has 2 heteroatoms. The van der Waals surface area contributed by atoms with E-state index in [-0.39, 0.29) is 5.60 Å². The van der Waals surface area contributed by atoms with Crippen molar-refractivity contribution in [2.75, 3.05) is 6.54 Å². The Morgan fingerprint density at radius 1 is 1.20 bits per heavy atom. The highest BCUT2D eigenvalue weighted by Crippen LogP contribution is 2.25. The van der Waals surface area contributed by atoms with Crippen LogP contribution in [-0.4, -0.2) is 12.1 Å². The van der Waals surface area contributed by atoms with Gasteiger partial charge in [-0.1, -0.05) is 32.0 Å². The Bertz CT molecular complexity index is 307. The highest BCUT2D eigenvalue weighted by Gasteiger charge is 2.23. The predicted molar refractivity (Wildman–Crippen MR) is 64.2 cm³/mol. The molecular formula is C13H21NO. The molecule has 2 nitrogen and oxygen atoms in total. The maximum Gasteiger partial charge on any atom is 0.124 e. The first-order chi connectivity index (χ1) is 7.17. The van der Waals surface area contributed by atoms with Crippen LogP contribution < -0.4 is 10.1 Å². The molecule has 0 spiro atoms. The van der Waals surface area contributed by atoms with Gasteiger partial charge in [0.15, 0.2) is 0 Å². The number of fused-ring (bicyclic) bond motifs is 1. The van der Waals surface area contributed by atoms with E-state index < -0.39 is 0 Å². The second kappa shape index (κ2) is 5.17. The minimum Gasteiger partial charge on any atom is -0.486 e. The zero-order valence-corrected chi connectivity index (χ0v) is 10.1. The molecule has 2 rings (SSSR count). The Morgan fingerprint density at radius 3 is 2.60 bits per heavy atom. The summed E-state index contributed by atoms with van der Waals surface area (Å²) in [6, 6.07) is 8.19. The summed E-state index contributed by atoms with van der Waals surface area (Å²) in [7, 11) is 0. The largest absolute Gasteiger partial charge is 0.486 e. The van der Waals surface area contributed by atoms with Gasteiger partial charge in [0, 0.05) is 18.7 Å². The monoisotopic (exact) mass is 207 g/mol. The first kappa shape index (κ1) is 12.1. The lowest BCUT2D eigenvalue weighted by molar-refractivity contribution is 0.115. The van der Waals surface area contributed by atoms with E-state index in [1.165, 1.54) is 5.56 Å². The molecule has 0 atom stereocenters. The van der Waals surface area contributed by atoms with Gasteiger partial charge in [0.05, 0.1) is 0 Å². The van der Waals surface area contributed by atoms with Crippen LogP contribution in [0.2, 0.25) is 0 Å². The van der Waals surface area contributed by atoms with Crippen molar-refractivity contribution in [2.24, 2.45) is 0 Å². The van der Waals surface area contributed by atoms with Gasteiger partial charge in [-0.05, 0) is 19.9 Å². The fourth-order valence-electron chi connectivity index (χ4n) is 1.58. The van der Waals surface area contributed by atoms with Gasteiger partial charge < -0.3 is 10.1 Å². The van der Waals surface area contributed by atoms with E-state index in [2.05, 4.69) is 25.2 Å². The van der Waals surface area contributed by atoms with E-state index in [0.29, 0.717) is 0 Å². The van der Waals surface area contributed by atoms with Gasteiger partial charge >= 0.3 is 0 Å². The molecule has 0 aliphatic carbocycles. The fourth-order valence-corrected chi connectivity index (χ4v) is 1.58. The Balaban J connectivity index is 0.000000531. The quantitative estimate of drug-likeness (QED) is 0.706. The molecule has 1 heterocycles. The molecule has 1 aromatic rings. The molecule has 0 aromatic heterocycles. The summed E-state index contributed by atoms with van der Waals surface area (Å²) in [6.45, 7) is 9.99. The van der Waals surface area contributed by atoms with Crippen LogP contribution in [0, 0.1) is 0 Å². The second-order valence-electron chi connectivity index (χ2n) is 4.07. The van der Waals surface area contributed by atoms with Gasteiger partial charge in [-0.25, -0.2) is 0 Å². The smallest absolute Gasteiger partial charge is 0.124 e. The predicted octanol–water partition coefficient (Wildman–Crippen LogP) is 2.97. The lowest BCUT2D eigenvalue weighted by atomic mass is 10.1. The molecular weight excluding hydrogens is 186 g/mol. The number of rotatable bonds is 0. The highest BCUT2D eigenvalue weighted by atomic mass is 16.5. The summed E-state index contributed by atoms with van der Waals surface area (Å²) in [5.74, 6) is 1.01. The third kappa shape index (κ3) is 3.24. The van der Waals surface area contributed by atoms with Crippen LogP contribution >= 0.6 is 0 Å². The zero-order chi connectivity index (χ0) is 11.3. The van der Waals surface area contributed by atoms with E-state index in [9.17, 15) is 0 Å². The lowest BCUT2D eigenvalue weighted by Gasteiger charge is -2.24. The van der Waals surface area contributed by atoms with E-state index in [1.807, 2.05) is 32.0 Å². The van der Waals surface area contributed by atoms with E-state index >= 15 is 0 Å². The molecule has 0 amide bonds. The van der Waals surface area contributed by atoms with Crippen molar-refractivity contribution in [1.29, 1.82) is 0 Å². The van der Waals surface area contributed by atoms with E-state index in [0.717, 1.165) is 18.8 Å². The minimum absolute atomic E-state index is 0.105. The maximum absolute atomic E-state index is 5.88. The van der Waals surface area contributed by atoms with Crippen LogP contribution in [0.3, 0.4) is 0 Å². The first-order valence-electron chi connectivity index (χ1n) is 5.65. The molecule has 15 heavy (non-hydrogen) atoms. The third-order valence-electron chi connectivity index (χ3n) is 2.23. The van der Waals surface area contributed by atoms with E-state index in [1.54, 1.807) is 0 Å². The first-order valence-corrected chi connectivity index (χ1v) is 5.65. The van der Waals surface area contributed by atoms with Gasteiger partial charge in [-0.3, -0.25) is 0 Å². The minimum atomic E-state index is -0.105. The number of hydrogen-bond acceptors (Lipinski definition) is 2. The summed E-state index contributed by atoms with van der Waals surface area (Å²) < 4.78 is 5.88. The summed E-state index contributed by atoms with van der Waals surface area (Å²) in [6.07, 6.45) is 0. The van der Waals surface area contributed by atoms with Crippen molar-refractivity contribution in [3.63, 3.8) is 0 Å². The maximum atomic E-state index is 5.88. The van der Waals surface area contributed by atoms with Crippen LogP contribution in [0.1, 0.15) is 33.3 Å². The molecule has 1 aliphatic rings. The van der Waals surface area contributed by atoms with Gasteiger partial charge in [-0.15, -0.1) is 0 Å². The second-order valence-corrected chi connectivity index (χ2v) is 4.07. The van der Waals surface area contributed by atoms with Crippen molar-refractivity contribution < 1.29 is 4.74 Å². The molecule has 1 aromatic carbocycles. The topological polar surface area (TPSA) is 21.3 Å². The number of para-hydroxylation sites is 1. The van der Waals surface area contributed by atoms with Crippen LogP contribution in [-0.2, 0) is 6.54 Å². The molecule has 0 bridgehead atoms. The number of ether oxygens (including phenoxy) is 1. The molecule has 1 N–H and O–H groups in total. The molecule has 0 radical (unpaired) electrons. The molecule has 1 aliphatic heterocycles. The normalized spacial score (nSPS) is 17.6. The van der Waals surface area contributed by atoms with Crippen LogP contribution in [0.25, 0.3) is 0 Å². The average molecular weight is 207 g/mol. The Morgan fingerprint density at radius 2 is 1.87 bits per heavy atom. The fraction of sp³-hybridized carbons (Fsp3) is 0.538. The molecule has 0 unspecified atom stereocenters. The van der Waals surface area contributed by atoms with Gasteiger partial charge in [-0.2, -0.15) is 0 Å². The Labute approximate surface area is 92.6 Å². The number of nitrogens with one attached hydrogen (secondary N) is 1. The Hall–Kier alpha value is -1.02. The average Bonchev–Trinajstić information content (AvgIpc) is 2.37. The van der Waals surface area contributed by atoms with Crippen molar-refractivity contribution in [3.8, 4) is 5.75 Å². The standard InChI is InChI=1S/C11H15NO.C2H6/c1-11(2)8-12-7-9-5-3-4-6-10(9)13-11;1-2/h3-6,12H,7-8H2,1-2H3;1-2H3. The highest BCUT2D eigenvalue weighted by molar-refractivity contribution is 5.34. The summed E-state index contributed by atoms with van der Waals surface area (Å²) in [5, 5.41) is 3.37. The van der Waals surface area contributed by atoms with Crippen molar-refractivity contribution in [2.45, 2.75) is 39.8 Å². The van der Waals surface area contributed by atoms with Gasteiger partial charge in [0.2, 0.25) is 0 Å². The molecule has 0 saturated carbocycles. The third-order valence-corrected chi connectivity index (χ3v) is 2.23. The van der Waals surface area contributed by atoms with Crippen molar-refractivity contribution in [1.82, 2.24) is 5.32 Å². The van der Waals surface area contributed by atoms with Gasteiger partial charge in [0.25, 0.3) is 0 Å². The number of benzene rings is 1. The van der Waals surface area contributed by atoms with Crippen molar-refractivity contribution >= 4 is 0 Å². The summed E-state index contributed by atoms with van der Waals surface area (Å²) in [5.41, 5.74) is 1.14. The zero-order valence-electron chi connectivity index (χ0n) is 10.1. The van der Waals surface area contributed by atoms with Crippen LogP contribution in [0.4, 0.5) is 0 Å². The summed E-state index contributed by atoms with van der Waals surface area (Å²) >= 11 is 0. The molecule has 0 saturated heterocycles. The van der Waals surface area contributed by atoms with E-state index in [4.69, 9.17) is 4.74 Å².